The average Bonchev–Trinajstić information content (AvgIpc) is 3.78. The molecule has 0 radical (unpaired) electrons. The number of hydrogen-bond acceptors (Lipinski definition) is 5. The Labute approximate surface area is 248 Å². The molecule has 0 saturated heterocycles. The van der Waals surface area contributed by atoms with E-state index < -0.39 is 28.7 Å². The molecule has 1 aromatic heterocycles. The third-order valence-corrected chi connectivity index (χ3v) is 7.75. The Balaban J connectivity index is 1.43. The predicted molar refractivity (Wildman–Crippen MR) is 156 cm³/mol. The third kappa shape index (κ3) is 7.53. The van der Waals surface area contributed by atoms with Gasteiger partial charge >= 0.3 is 6.18 Å². The van der Waals surface area contributed by atoms with E-state index in [1.54, 1.807) is 25.3 Å². The lowest BCUT2D eigenvalue weighted by atomic mass is 9.94. The molecule has 2 amide bonds. The Morgan fingerprint density at radius 1 is 1.00 bits per heavy atom. The van der Waals surface area contributed by atoms with E-state index in [4.69, 9.17) is 16.3 Å². The lowest BCUT2D eigenvalue weighted by Gasteiger charge is -2.31. The van der Waals surface area contributed by atoms with Gasteiger partial charge in [-0.3, -0.25) is 9.59 Å². The molecule has 224 valence electrons. The zero-order chi connectivity index (χ0) is 30.4. The minimum absolute atomic E-state index is 0.0834. The maximum atomic E-state index is 13.5. The number of rotatable bonds is 13. The largest absolute Gasteiger partial charge is 0.478 e. The SMILES string of the molecule is CCN(CCNC(=O)C(C)(CCNC(=O)C1(c2ccc(Cl)cc2)CC1)Oc1ccc(C(F)(F)F)cc1)c1ccccn1. The minimum Gasteiger partial charge on any atom is -0.478 e. The number of likely N-dealkylation sites (N-methyl/N-ethyl adjacent to an activating group) is 1. The molecule has 1 aliphatic carbocycles. The second-order valence-electron chi connectivity index (χ2n) is 10.5. The summed E-state index contributed by atoms with van der Waals surface area (Å²) in [5, 5.41) is 6.40. The van der Waals surface area contributed by atoms with Crippen molar-refractivity contribution in [1.29, 1.82) is 0 Å². The first-order valence-corrected chi connectivity index (χ1v) is 14.2. The van der Waals surface area contributed by atoms with Crippen LogP contribution in [0.25, 0.3) is 0 Å². The van der Waals surface area contributed by atoms with Gasteiger partial charge in [-0.05, 0) is 80.8 Å². The number of nitrogens with zero attached hydrogens (tertiary/aromatic N) is 2. The monoisotopic (exact) mass is 602 g/mol. The number of hydrogen-bond donors (Lipinski definition) is 2. The number of halogens is 4. The first-order valence-electron chi connectivity index (χ1n) is 13.8. The molecule has 0 bridgehead atoms. The molecule has 0 aliphatic heterocycles. The van der Waals surface area contributed by atoms with Gasteiger partial charge in [-0.2, -0.15) is 13.2 Å². The van der Waals surface area contributed by atoms with Crippen LogP contribution in [0.3, 0.4) is 0 Å². The van der Waals surface area contributed by atoms with Crippen LogP contribution >= 0.6 is 11.6 Å². The first-order chi connectivity index (χ1) is 20.0. The Morgan fingerprint density at radius 2 is 1.69 bits per heavy atom. The van der Waals surface area contributed by atoms with Gasteiger partial charge in [-0.25, -0.2) is 4.98 Å². The summed E-state index contributed by atoms with van der Waals surface area (Å²) >= 11 is 6.00. The number of carbonyl (C=O) groups is 2. The average molecular weight is 603 g/mol. The summed E-state index contributed by atoms with van der Waals surface area (Å²) in [6, 6.07) is 16.9. The van der Waals surface area contributed by atoms with Gasteiger partial charge in [-0.1, -0.05) is 29.8 Å². The Kier molecular flexibility index (Phi) is 9.66. The highest BCUT2D eigenvalue weighted by atomic mass is 35.5. The van der Waals surface area contributed by atoms with Crippen molar-refractivity contribution in [3.8, 4) is 5.75 Å². The van der Waals surface area contributed by atoms with E-state index in [9.17, 15) is 22.8 Å². The summed E-state index contributed by atoms with van der Waals surface area (Å²) in [4.78, 5) is 33.0. The molecule has 42 heavy (non-hydrogen) atoms. The van der Waals surface area contributed by atoms with Gasteiger partial charge in [0.25, 0.3) is 5.91 Å². The summed E-state index contributed by atoms with van der Waals surface area (Å²) < 4.78 is 45.2. The van der Waals surface area contributed by atoms with Crippen molar-refractivity contribution in [3.05, 3.63) is 89.1 Å². The van der Waals surface area contributed by atoms with Crippen LogP contribution in [0.2, 0.25) is 5.02 Å². The van der Waals surface area contributed by atoms with E-state index in [0.29, 0.717) is 31.0 Å². The van der Waals surface area contributed by atoms with Crippen LogP contribution in [0, 0.1) is 0 Å². The van der Waals surface area contributed by atoms with Crippen molar-refractivity contribution < 1.29 is 27.5 Å². The molecular formula is C31H34ClF3N4O3. The van der Waals surface area contributed by atoms with Gasteiger partial charge in [0.2, 0.25) is 5.91 Å². The Bertz CT molecular complexity index is 1350. The molecule has 3 aromatic rings. The van der Waals surface area contributed by atoms with Crippen LogP contribution in [0.15, 0.2) is 72.9 Å². The lowest BCUT2D eigenvalue weighted by Crippen LogP contribution is -2.52. The van der Waals surface area contributed by atoms with E-state index in [1.165, 1.54) is 12.1 Å². The first kappa shape index (κ1) is 31.2. The highest BCUT2D eigenvalue weighted by Gasteiger charge is 2.51. The van der Waals surface area contributed by atoms with Crippen LogP contribution in [-0.2, 0) is 21.2 Å². The number of pyridine rings is 1. The van der Waals surface area contributed by atoms with E-state index in [1.807, 2.05) is 42.2 Å². The van der Waals surface area contributed by atoms with Gasteiger partial charge in [0.05, 0.1) is 11.0 Å². The Morgan fingerprint density at radius 3 is 2.26 bits per heavy atom. The number of benzene rings is 2. The summed E-state index contributed by atoms with van der Waals surface area (Å²) in [7, 11) is 0. The molecule has 1 aliphatic rings. The van der Waals surface area contributed by atoms with Crippen molar-refractivity contribution in [2.45, 2.75) is 50.3 Å². The zero-order valence-corrected chi connectivity index (χ0v) is 24.3. The second kappa shape index (κ2) is 13.0. The summed E-state index contributed by atoms with van der Waals surface area (Å²) in [5.74, 6) is 0.273. The Hall–Kier alpha value is -3.79. The molecule has 7 nitrogen and oxygen atoms in total. The van der Waals surface area contributed by atoms with Crippen molar-refractivity contribution in [2.75, 3.05) is 31.1 Å². The number of nitrogens with one attached hydrogen (secondary N) is 2. The highest BCUT2D eigenvalue weighted by molar-refractivity contribution is 6.30. The van der Waals surface area contributed by atoms with Crippen LogP contribution in [0.4, 0.5) is 19.0 Å². The molecule has 1 atom stereocenters. The van der Waals surface area contributed by atoms with Gasteiger partial charge in [0, 0.05) is 43.8 Å². The van der Waals surface area contributed by atoms with E-state index >= 15 is 0 Å². The van der Waals surface area contributed by atoms with Crippen LogP contribution in [0.1, 0.15) is 44.2 Å². The summed E-state index contributed by atoms with van der Waals surface area (Å²) in [6.07, 6.45) is -1.32. The van der Waals surface area contributed by atoms with Crippen molar-refractivity contribution in [1.82, 2.24) is 15.6 Å². The zero-order valence-electron chi connectivity index (χ0n) is 23.5. The van der Waals surface area contributed by atoms with Crippen molar-refractivity contribution in [3.63, 3.8) is 0 Å². The molecule has 1 heterocycles. The number of carbonyl (C=O) groups excluding carboxylic acids is 2. The number of aromatic nitrogens is 1. The molecule has 4 rings (SSSR count). The predicted octanol–water partition coefficient (Wildman–Crippen LogP) is 5.77. The molecule has 2 aromatic carbocycles. The number of anilines is 1. The van der Waals surface area contributed by atoms with Crippen molar-refractivity contribution >= 4 is 29.2 Å². The molecule has 1 fully saturated rings. The lowest BCUT2D eigenvalue weighted by molar-refractivity contribution is -0.138. The molecule has 2 N–H and O–H groups in total. The minimum atomic E-state index is -4.49. The molecule has 0 spiro atoms. The topological polar surface area (TPSA) is 83.6 Å². The fourth-order valence-corrected chi connectivity index (χ4v) is 4.90. The molecule has 1 saturated carbocycles. The maximum absolute atomic E-state index is 13.5. The summed E-state index contributed by atoms with van der Waals surface area (Å²) in [5.41, 5.74) is -2.06. The van der Waals surface area contributed by atoms with E-state index in [0.717, 1.165) is 23.5 Å². The summed E-state index contributed by atoms with van der Waals surface area (Å²) in [6.45, 7) is 5.10. The van der Waals surface area contributed by atoms with Gasteiger partial charge < -0.3 is 20.3 Å². The van der Waals surface area contributed by atoms with Crippen LogP contribution < -0.4 is 20.3 Å². The van der Waals surface area contributed by atoms with Crippen LogP contribution in [0.5, 0.6) is 5.75 Å². The smallest absolute Gasteiger partial charge is 0.416 e. The third-order valence-electron chi connectivity index (χ3n) is 7.50. The highest BCUT2D eigenvalue weighted by Crippen LogP contribution is 2.48. The van der Waals surface area contributed by atoms with E-state index in [-0.39, 0.29) is 31.2 Å². The van der Waals surface area contributed by atoms with E-state index in [2.05, 4.69) is 15.6 Å². The maximum Gasteiger partial charge on any atom is 0.416 e. The molecular weight excluding hydrogens is 569 g/mol. The molecule has 11 heteroatoms. The second-order valence-corrected chi connectivity index (χ2v) is 10.9. The van der Waals surface area contributed by atoms with Crippen molar-refractivity contribution in [2.24, 2.45) is 0 Å². The fourth-order valence-electron chi connectivity index (χ4n) is 4.77. The number of amides is 2. The normalized spacial score (nSPS) is 15.3. The fraction of sp³-hybridized carbons (Fsp3) is 0.387. The van der Waals surface area contributed by atoms with Gasteiger partial charge in [-0.15, -0.1) is 0 Å². The quantitative estimate of drug-likeness (QED) is 0.259. The van der Waals surface area contributed by atoms with Crippen LogP contribution in [-0.4, -0.2) is 48.6 Å². The standard InChI is InChI=1S/C31H34ClF3N4O3/c1-3-39(26-6-4-5-18-36-26)21-20-38-27(40)29(2,42-25-13-9-23(10-14-25)31(33,34)35)17-19-37-28(41)30(15-16-30)22-7-11-24(32)12-8-22/h4-14,18H,3,15-17,19-21H2,1-2H3,(H,37,41)(H,38,40). The molecule has 1 unspecified atom stereocenters. The van der Waals surface area contributed by atoms with Gasteiger partial charge in [0.1, 0.15) is 11.6 Å². The van der Waals surface area contributed by atoms with Gasteiger partial charge in [0.15, 0.2) is 5.60 Å². The number of alkyl halides is 3. The number of ether oxygens (including phenoxy) is 1.